The van der Waals surface area contributed by atoms with Gasteiger partial charge < -0.3 is 4.74 Å². The number of hydrogen-bond donors (Lipinski definition) is 0. The Labute approximate surface area is 174 Å². The van der Waals surface area contributed by atoms with Gasteiger partial charge in [-0.15, -0.1) is 0 Å². The molecule has 0 saturated carbocycles. The van der Waals surface area contributed by atoms with Gasteiger partial charge in [-0.25, -0.2) is 4.79 Å². The van der Waals surface area contributed by atoms with Crippen LogP contribution >= 0.6 is 23.5 Å². The summed E-state index contributed by atoms with van der Waals surface area (Å²) in [5.74, 6) is 1.01. The van der Waals surface area contributed by atoms with E-state index in [0.717, 1.165) is 34.2 Å². The van der Waals surface area contributed by atoms with Gasteiger partial charge in [-0.05, 0) is 30.5 Å². The molecule has 2 aromatic rings. The molecule has 0 radical (unpaired) electrons. The van der Waals surface area contributed by atoms with Gasteiger partial charge in [0.05, 0.1) is 12.1 Å². The van der Waals surface area contributed by atoms with Crippen molar-refractivity contribution in [3.8, 4) is 0 Å². The van der Waals surface area contributed by atoms with E-state index in [-0.39, 0.29) is 5.78 Å². The molecule has 0 spiro atoms. The van der Waals surface area contributed by atoms with Crippen LogP contribution in [-0.4, -0.2) is 34.5 Å². The van der Waals surface area contributed by atoms with E-state index in [1.165, 1.54) is 0 Å². The standard InChI is InChI=1S/C22H23NO3S2/c1-3-16-8-10-17(11-9-16)20(24)15(2)26-21(25)19-7-5-4-6-18(19)14-28-22-23-12-13-27-22/h4-11,15H,3,12-14H2,1-2H3/t15-/m0/s1. The van der Waals surface area contributed by atoms with Gasteiger partial charge >= 0.3 is 5.97 Å². The number of aliphatic imine (C=N–C) groups is 1. The Kier molecular flexibility index (Phi) is 7.34. The van der Waals surface area contributed by atoms with Crippen LogP contribution in [0.25, 0.3) is 0 Å². The minimum Gasteiger partial charge on any atom is -0.451 e. The number of benzene rings is 2. The van der Waals surface area contributed by atoms with Crippen LogP contribution in [0.4, 0.5) is 0 Å². The minimum atomic E-state index is -0.838. The molecule has 28 heavy (non-hydrogen) atoms. The highest BCUT2D eigenvalue weighted by atomic mass is 32.2. The molecule has 0 fully saturated rings. The van der Waals surface area contributed by atoms with Gasteiger partial charge in [-0.1, -0.05) is 72.9 Å². The van der Waals surface area contributed by atoms with Crippen LogP contribution in [0.5, 0.6) is 0 Å². The first-order valence-electron chi connectivity index (χ1n) is 9.30. The fourth-order valence-electron chi connectivity index (χ4n) is 2.80. The molecule has 0 aromatic heterocycles. The Morgan fingerprint density at radius 3 is 2.61 bits per heavy atom. The van der Waals surface area contributed by atoms with E-state index in [0.29, 0.717) is 16.9 Å². The number of Topliss-reactive ketones (excluding diaryl/α,β-unsaturated/α-hetero) is 1. The highest BCUT2D eigenvalue weighted by Crippen LogP contribution is 2.27. The van der Waals surface area contributed by atoms with E-state index in [1.807, 2.05) is 30.3 Å². The Morgan fingerprint density at radius 2 is 1.93 bits per heavy atom. The molecule has 1 heterocycles. The summed E-state index contributed by atoms with van der Waals surface area (Å²) in [6.45, 7) is 4.54. The maximum Gasteiger partial charge on any atom is 0.339 e. The van der Waals surface area contributed by atoms with Gasteiger partial charge in [0.25, 0.3) is 0 Å². The maximum atomic E-state index is 12.7. The first-order valence-corrected chi connectivity index (χ1v) is 11.3. The SMILES string of the molecule is CCc1ccc(C(=O)[C@H](C)OC(=O)c2ccccc2CSC2=NCCS2)cc1. The fraction of sp³-hybridized carbons (Fsp3) is 0.318. The highest BCUT2D eigenvalue weighted by Gasteiger charge is 2.22. The molecule has 0 aliphatic carbocycles. The summed E-state index contributed by atoms with van der Waals surface area (Å²) in [5.41, 5.74) is 3.11. The number of ether oxygens (including phenoxy) is 1. The molecule has 4 nitrogen and oxygen atoms in total. The molecular formula is C22H23NO3S2. The number of thioether (sulfide) groups is 2. The van der Waals surface area contributed by atoms with E-state index >= 15 is 0 Å². The fourth-order valence-corrected chi connectivity index (χ4v) is 4.82. The van der Waals surface area contributed by atoms with Crippen molar-refractivity contribution in [1.29, 1.82) is 0 Å². The predicted octanol–water partition coefficient (Wildman–Crippen LogP) is 5.01. The molecule has 1 aliphatic heterocycles. The zero-order valence-corrected chi connectivity index (χ0v) is 17.6. The molecule has 3 rings (SSSR count). The molecule has 0 saturated heterocycles. The number of rotatable bonds is 7. The first-order chi connectivity index (χ1) is 13.6. The van der Waals surface area contributed by atoms with Gasteiger partial charge in [-0.2, -0.15) is 0 Å². The topological polar surface area (TPSA) is 55.7 Å². The lowest BCUT2D eigenvalue weighted by molar-refractivity contribution is 0.0318. The molecule has 0 bridgehead atoms. The minimum absolute atomic E-state index is 0.195. The predicted molar refractivity (Wildman–Crippen MR) is 118 cm³/mol. The summed E-state index contributed by atoms with van der Waals surface area (Å²) in [7, 11) is 0. The van der Waals surface area contributed by atoms with Crippen molar-refractivity contribution < 1.29 is 14.3 Å². The van der Waals surface area contributed by atoms with Crippen molar-refractivity contribution in [3.63, 3.8) is 0 Å². The Hall–Kier alpha value is -2.05. The van der Waals surface area contributed by atoms with Crippen LogP contribution in [0.15, 0.2) is 53.5 Å². The monoisotopic (exact) mass is 413 g/mol. The van der Waals surface area contributed by atoms with Gasteiger partial charge in [0.15, 0.2) is 6.10 Å². The molecule has 146 valence electrons. The average molecular weight is 414 g/mol. The normalized spacial score (nSPS) is 14.4. The lowest BCUT2D eigenvalue weighted by Crippen LogP contribution is -2.25. The Morgan fingerprint density at radius 1 is 1.18 bits per heavy atom. The molecule has 1 atom stereocenters. The zero-order chi connectivity index (χ0) is 19.9. The summed E-state index contributed by atoms with van der Waals surface area (Å²) in [4.78, 5) is 29.7. The van der Waals surface area contributed by atoms with Crippen molar-refractivity contribution >= 4 is 39.7 Å². The van der Waals surface area contributed by atoms with Crippen molar-refractivity contribution in [1.82, 2.24) is 0 Å². The van der Waals surface area contributed by atoms with Crippen LogP contribution in [0, 0.1) is 0 Å². The van der Waals surface area contributed by atoms with Crippen molar-refractivity contribution in [2.24, 2.45) is 4.99 Å². The molecule has 6 heteroatoms. The third kappa shape index (κ3) is 5.26. The molecule has 0 amide bonds. The summed E-state index contributed by atoms with van der Waals surface area (Å²) in [6, 6.07) is 14.8. The second kappa shape index (κ2) is 9.94. The van der Waals surface area contributed by atoms with E-state index in [4.69, 9.17) is 4.74 Å². The van der Waals surface area contributed by atoms with Crippen LogP contribution in [0.2, 0.25) is 0 Å². The van der Waals surface area contributed by atoms with Crippen LogP contribution in [-0.2, 0) is 16.9 Å². The quantitative estimate of drug-likeness (QED) is 0.472. The Balaban J connectivity index is 1.65. The summed E-state index contributed by atoms with van der Waals surface area (Å²) in [5, 5.41) is 0. The van der Waals surface area contributed by atoms with Crippen LogP contribution in [0.3, 0.4) is 0 Å². The zero-order valence-electron chi connectivity index (χ0n) is 16.0. The molecule has 0 unspecified atom stereocenters. The second-order valence-corrected chi connectivity index (χ2v) is 8.71. The van der Waals surface area contributed by atoms with E-state index in [9.17, 15) is 9.59 Å². The number of hydrogen-bond acceptors (Lipinski definition) is 6. The van der Waals surface area contributed by atoms with Gasteiger partial charge in [0.2, 0.25) is 5.78 Å². The lowest BCUT2D eigenvalue weighted by atomic mass is 10.0. The largest absolute Gasteiger partial charge is 0.451 e. The maximum absolute atomic E-state index is 12.7. The first kappa shape index (κ1) is 20.7. The lowest BCUT2D eigenvalue weighted by Gasteiger charge is -2.14. The average Bonchev–Trinajstić information content (AvgIpc) is 3.25. The third-order valence-corrected chi connectivity index (χ3v) is 6.75. The summed E-state index contributed by atoms with van der Waals surface area (Å²) < 4.78 is 6.55. The molecule has 1 aliphatic rings. The molecule has 2 aromatic carbocycles. The van der Waals surface area contributed by atoms with Crippen molar-refractivity contribution in [2.75, 3.05) is 12.3 Å². The smallest absolute Gasteiger partial charge is 0.339 e. The van der Waals surface area contributed by atoms with Crippen molar-refractivity contribution in [2.45, 2.75) is 32.1 Å². The van der Waals surface area contributed by atoms with Crippen molar-refractivity contribution in [3.05, 3.63) is 70.8 Å². The molecular weight excluding hydrogens is 390 g/mol. The Bertz CT molecular complexity index is 878. The van der Waals surface area contributed by atoms with Gasteiger partial charge in [0, 0.05) is 17.1 Å². The van der Waals surface area contributed by atoms with Gasteiger partial charge in [-0.3, -0.25) is 9.79 Å². The number of carbonyl (C=O) groups is 2. The number of aryl methyl sites for hydroxylation is 1. The number of esters is 1. The highest BCUT2D eigenvalue weighted by molar-refractivity contribution is 8.38. The van der Waals surface area contributed by atoms with E-state index in [2.05, 4.69) is 11.9 Å². The second-order valence-electron chi connectivity index (χ2n) is 6.40. The number of nitrogens with zero attached hydrogens (tertiary/aromatic N) is 1. The van der Waals surface area contributed by atoms with E-state index in [1.54, 1.807) is 48.6 Å². The number of ketones is 1. The van der Waals surface area contributed by atoms with Gasteiger partial charge in [0.1, 0.15) is 4.38 Å². The van der Waals surface area contributed by atoms with Crippen LogP contribution < -0.4 is 0 Å². The van der Waals surface area contributed by atoms with E-state index < -0.39 is 12.1 Å². The summed E-state index contributed by atoms with van der Waals surface area (Å²) in [6.07, 6.45) is 0.0779. The number of carbonyl (C=O) groups excluding carboxylic acids is 2. The third-order valence-electron chi connectivity index (χ3n) is 4.45. The summed E-state index contributed by atoms with van der Waals surface area (Å²) >= 11 is 3.38. The van der Waals surface area contributed by atoms with Crippen LogP contribution in [0.1, 0.15) is 45.7 Å². The molecule has 0 N–H and O–H groups in total.